The first-order valence-corrected chi connectivity index (χ1v) is 6.34. The topological polar surface area (TPSA) is 51.0 Å². The van der Waals surface area contributed by atoms with E-state index in [1.807, 2.05) is 13.8 Å². The highest BCUT2D eigenvalue weighted by Crippen LogP contribution is 2.33. The van der Waals surface area contributed by atoms with Gasteiger partial charge in [0.2, 0.25) is 0 Å². The predicted octanol–water partition coefficient (Wildman–Crippen LogP) is 3.54. The zero-order chi connectivity index (χ0) is 13.1. The highest BCUT2D eigenvalue weighted by Gasteiger charge is 2.15. The summed E-state index contributed by atoms with van der Waals surface area (Å²) >= 11 is 12.1. The van der Waals surface area contributed by atoms with Gasteiger partial charge in [0.1, 0.15) is 0 Å². The fourth-order valence-electron chi connectivity index (χ4n) is 1.42. The van der Waals surface area contributed by atoms with E-state index in [1.165, 1.54) is 0 Å². The Morgan fingerprint density at radius 3 is 2.56 bits per heavy atom. The molecule has 18 heavy (non-hydrogen) atoms. The van der Waals surface area contributed by atoms with E-state index in [-0.39, 0.29) is 0 Å². The molecule has 1 heterocycles. The number of hydrogen-bond acceptors (Lipinski definition) is 4. The van der Waals surface area contributed by atoms with Crippen LogP contribution in [0.3, 0.4) is 0 Å². The summed E-state index contributed by atoms with van der Waals surface area (Å²) < 4.78 is 5.17. The van der Waals surface area contributed by atoms with Gasteiger partial charge in [-0.1, -0.05) is 48.3 Å². The number of aromatic nitrogens is 2. The molecule has 0 aliphatic carbocycles. The molecule has 0 saturated carbocycles. The molecule has 2 rings (SSSR count). The number of benzene rings is 1. The molecule has 2 aromatic rings. The molecule has 0 saturated heterocycles. The van der Waals surface area contributed by atoms with Crippen molar-refractivity contribution in [2.75, 3.05) is 0 Å². The molecule has 4 nitrogen and oxygen atoms in total. The summed E-state index contributed by atoms with van der Waals surface area (Å²) in [5.41, 5.74) is 0.573. The van der Waals surface area contributed by atoms with Crippen LogP contribution in [0.5, 0.6) is 0 Å². The van der Waals surface area contributed by atoms with E-state index >= 15 is 0 Å². The molecular weight excluding hydrogens is 273 g/mol. The van der Waals surface area contributed by atoms with Crippen LogP contribution in [0.4, 0.5) is 0 Å². The summed E-state index contributed by atoms with van der Waals surface area (Å²) in [5.74, 6) is 0.917. The lowest BCUT2D eigenvalue weighted by Crippen LogP contribution is -2.22. The molecule has 1 aromatic heterocycles. The van der Waals surface area contributed by atoms with Crippen molar-refractivity contribution in [3.05, 3.63) is 34.1 Å². The van der Waals surface area contributed by atoms with Gasteiger partial charge in [-0.3, -0.25) is 0 Å². The van der Waals surface area contributed by atoms with E-state index < -0.39 is 0 Å². The van der Waals surface area contributed by atoms with Crippen LogP contribution in [0.1, 0.15) is 19.7 Å². The maximum atomic E-state index is 6.07. The predicted molar refractivity (Wildman–Crippen MR) is 71.7 cm³/mol. The standard InChI is InChI=1S/C12H13Cl2N3O/c1-7(2)15-6-10-16-12(18-17-10)11-8(13)4-3-5-9(11)14/h3-5,7,15H,6H2,1-2H3. The summed E-state index contributed by atoms with van der Waals surface area (Å²) in [7, 11) is 0. The maximum absolute atomic E-state index is 6.07. The van der Waals surface area contributed by atoms with Crippen LogP contribution >= 0.6 is 23.2 Å². The third-order valence-corrected chi connectivity index (χ3v) is 2.94. The van der Waals surface area contributed by atoms with Crippen molar-refractivity contribution in [1.82, 2.24) is 15.5 Å². The molecule has 0 aliphatic heterocycles. The van der Waals surface area contributed by atoms with Crippen LogP contribution in [0.2, 0.25) is 10.0 Å². The normalized spacial score (nSPS) is 11.2. The van der Waals surface area contributed by atoms with Gasteiger partial charge in [-0.15, -0.1) is 0 Å². The van der Waals surface area contributed by atoms with E-state index in [0.717, 1.165) is 0 Å². The fraction of sp³-hybridized carbons (Fsp3) is 0.333. The summed E-state index contributed by atoms with van der Waals surface area (Å²) in [6.07, 6.45) is 0. The molecule has 96 valence electrons. The quantitative estimate of drug-likeness (QED) is 0.934. The lowest BCUT2D eigenvalue weighted by atomic mass is 10.2. The number of rotatable bonds is 4. The molecule has 0 fully saturated rings. The summed E-state index contributed by atoms with van der Waals surface area (Å²) in [4.78, 5) is 4.26. The van der Waals surface area contributed by atoms with Crippen LogP contribution in [0, 0.1) is 0 Å². The van der Waals surface area contributed by atoms with Crippen molar-refractivity contribution in [1.29, 1.82) is 0 Å². The number of nitrogens with zero attached hydrogens (tertiary/aromatic N) is 2. The highest BCUT2D eigenvalue weighted by atomic mass is 35.5. The Hall–Kier alpha value is -1.10. The number of nitrogens with one attached hydrogen (secondary N) is 1. The Balaban J connectivity index is 2.24. The Bertz CT molecular complexity index is 520. The second kappa shape index (κ2) is 5.69. The smallest absolute Gasteiger partial charge is 0.261 e. The van der Waals surface area contributed by atoms with Crippen molar-refractivity contribution in [3.63, 3.8) is 0 Å². The van der Waals surface area contributed by atoms with E-state index in [1.54, 1.807) is 18.2 Å². The van der Waals surface area contributed by atoms with Crippen LogP contribution in [-0.4, -0.2) is 16.2 Å². The van der Waals surface area contributed by atoms with Gasteiger partial charge in [-0.25, -0.2) is 0 Å². The molecule has 0 radical (unpaired) electrons. The van der Waals surface area contributed by atoms with Crippen molar-refractivity contribution in [3.8, 4) is 11.5 Å². The molecule has 0 atom stereocenters. The monoisotopic (exact) mass is 285 g/mol. The van der Waals surface area contributed by atoms with E-state index in [0.29, 0.717) is 39.9 Å². The first kappa shape index (κ1) is 13.3. The van der Waals surface area contributed by atoms with Crippen LogP contribution in [0.15, 0.2) is 22.7 Å². The molecule has 1 aromatic carbocycles. The van der Waals surface area contributed by atoms with Crippen molar-refractivity contribution in [2.45, 2.75) is 26.4 Å². The largest absolute Gasteiger partial charge is 0.334 e. The van der Waals surface area contributed by atoms with Crippen LogP contribution in [0.25, 0.3) is 11.5 Å². The number of halogens is 2. The first-order chi connectivity index (χ1) is 8.58. The van der Waals surface area contributed by atoms with Gasteiger partial charge in [-0.05, 0) is 12.1 Å². The zero-order valence-corrected chi connectivity index (χ0v) is 11.6. The minimum absolute atomic E-state index is 0.339. The maximum Gasteiger partial charge on any atom is 0.261 e. The molecule has 0 unspecified atom stereocenters. The van der Waals surface area contributed by atoms with E-state index in [2.05, 4.69) is 15.5 Å². The van der Waals surface area contributed by atoms with Gasteiger partial charge < -0.3 is 9.84 Å². The average Bonchev–Trinajstić information content (AvgIpc) is 2.75. The Morgan fingerprint density at radius 1 is 1.28 bits per heavy atom. The second-order valence-electron chi connectivity index (χ2n) is 4.15. The van der Waals surface area contributed by atoms with Gasteiger partial charge in [0.05, 0.1) is 22.2 Å². The number of hydrogen-bond donors (Lipinski definition) is 1. The van der Waals surface area contributed by atoms with Gasteiger partial charge in [-0.2, -0.15) is 4.98 Å². The van der Waals surface area contributed by atoms with E-state index in [4.69, 9.17) is 27.7 Å². The SMILES string of the molecule is CC(C)NCc1noc(-c2c(Cl)cccc2Cl)n1. The Morgan fingerprint density at radius 2 is 1.94 bits per heavy atom. The van der Waals surface area contributed by atoms with Gasteiger partial charge >= 0.3 is 0 Å². The lowest BCUT2D eigenvalue weighted by molar-refractivity contribution is 0.417. The van der Waals surface area contributed by atoms with Gasteiger partial charge in [0.25, 0.3) is 5.89 Å². The Labute approximate surface area is 115 Å². The van der Waals surface area contributed by atoms with Crippen molar-refractivity contribution >= 4 is 23.2 Å². The van der Waals surface area contributed by atoms with Gasteiger partial charge in [0, 0.05) is 6.04 Å². The third kappa shape index (κ3) is 3.02. The average molecular weight is 286 g/mol. The molecule has 0 bridgehead atoms. The van der Waals surface area contributed by atoms with Gasteiger partial charge in [0.15, 0.2) is 5.82 Å². The lowest BCUT2D eigenvalue weighted by Gasteiger charge is -2.03. The molecule has 1 N–H and O–H groups in total. The van der Waals surface area contributed by atoms with E-state index in [9.17, 15) is 0 Å². The third-order valence-electron chi connectivity index (χ3n) is 2.31. The minimum atomic E-state index is 0.339. The zero-order valence-electron chi connectivity index (χ0n) is 10.1. The van der Waals surface area contributed by atoms with Crippen molar-refractivity contribution < 1.29 is 4.52 Å². The minimum Gasteiger partial charge on any atom is -0.334 e. The molecule has 6 heteroatoms. The molecule has 0 amide bonds. The molecule has 0 aliphatic rings. The first-order valence-electron chi connectivity index (χ1n) is 5.58. The Kier molecular flexibility index (Phi) is 4.22. The fourth-order valence-corrected chi connectivity index (χ4v) is 1.98. The second-order valence-corrected chi connectivity index (χ2v) is 4.96. The van der Waals surface area contributed by atoms with Crippen molar-refractivity contribution in [2.24, 2.45) is 0 Å². The summed E-state index contributed by atoms with van der Waals surface area (Å²) in [5, 5.41) is 8.08. The van der Waals surface area contributed by atoms with Crippen LogP contribution in [-0.2, 0) is 6.54 Å². The molecule has 0 spiro atoms. The molecular formula is C12H13Cl2N3O. The summed E-state index contributed by atoms with van der Waals surface area (Å²) in [6.45, 7) is 4.64. The summed E-state index contributed by atoms with van der Waals surface area (Å²) in [6, 6.07) is 5.60. The highest BCUT2D eigenvalue weighted by molar-refractivity contribution is 6.38. The van der Waals surface area contributed by atoms with Crippen LogP contribution < -0.4 is 5.32 Å².